The van der Waals surface area contributed by atoms with Crippen LogP contribution in [-0.4, -0.2) is 58.2 Å². The summed E-state index contributed by atoms with van der Waals surface area (Å²) < 4.78 is 25.7. The number of halogens is 1. The van der Waals surface area contributed by atoms with Gasteiger partial charge in [0.25, 0.3) is 0 Å². The van der Waals surface area contributed by atoms with Crippen molar-refractivity contribution in [2.75, 3.05) is 36.0 Å². The average Bonchev–Trinajstić information content (AvgIpc) is 2.54. The maximum absolute atomic E-state index is 14.3. The number of hydrogen-bond donors (Lipinski definition) is 3. The Kier molecular flexibility index (Phi) is 6.44. The molecule has 0 saturated carbocycles. The largest absolute Gasteiger partial charge is 0.391 e. The Hall–Kier alpha value is -1.80. The molecule has 1 heterocycles. The van der Waals surface area contributed by atoms with Crippen molar-refractivity contribution in [2.45, 2.75) is 19.4 Å². The third kappa shape index (κ3) is 5.10. The Balaban J connectivity index is 1.99. The Morgan fingerprint density at radius 3 is 2.71 bits per heavy atom. The summed E-state index contributed by atoms with van der Waals surface area (Å²) >= 11 is 0. The first-order chi connectivity index (χ1) is 11.4. The van der Waals surface area contributed by atoms with Gasteiger partial charge in [0, 0.05) is 61.0 Å². The van der Waals surface area contributed by atoms with Crippen molar-refractivity contribution in [1.29, 1.82) is 5.41 Å². The van der Waals surface area contributed by atoms with Crippen LogP contribution in [0.3, 0.4) is 0 Å². The summed E-state index contributed by atoms with van der Waals surface area (Å²) in [6.45, 7) is 2.51. The van der Waals surface area contributed by atoms with Crippen LogP contribution in [0.15, 0.2) is 18.2 Å². The van der Waals surface area contributed by atoms with E-state index >= 15 is 0 Å². The zero-order valence-corrected chi connectivity index (χ0v) is 14.4. The zero-order valence-electron chi connectivity index (χ0n) is 13.5. The van der Waals surface area contributed by atoms with E-state index < -0.39 is 22.7 Å². The van der Waals surface area contributed by atoms with Gasteiger partial charge in [-0.15, -0.1) is 0 Å². The minimum absolute atomic E-state index is 0.0295. The Labute approximate surface area is 143 Å². The van der Waals surface area contributed by atoms with E-state index in [1.165, 1.54) is 13.0 Å². The van der Waals surface area contributed by atoms with Crippen molar-refractivity contribution in [3.8, 4) is 0 Å². The molecule has 1 amide bonds. The van der Waals surface area contributed by atoms with Gasteiger partial charge in [-0.05, 0) is 17.7 Å². The number of hydrogen-bond acceptors (Lipinski definition) is 5. The molecule has 6 nitrogen and oxygen atoms in total. The lowest BCUT2D eigenvalue weighted by atomic mass is 10.0. The fourth-order valence-electron chi connectivity index (χ4n) is 2.52. The molecule has 0 aliphatic carbocycles. The van der Waals surface area contributed by atoms with Crippen LogP contribution in [-0.2, 0) is 15.6 Å². The second-order valence-electron chi connectivity index (χ2n) is 5.77. The molecule has 0 bridgehead atoms. The smallest absolute Gasteiger partial charge is 0.216 e. The molecule has 0 spiro atoms. The van der Waals surface area contributed by atoms with Crippen LogP contribution < -0.4 is 10.2 Å². The van der Waals surface area contributed by atoms with Gasteiger partial charge >= 0.3 is 0 Å². The molecule has 1 aliphatic heterocycles. The number of rotatable bonds is 6. The van der Waals surface area contributed by atoms with E-state index in [-0.39, 0.29) is 24.6 Å². The lowest BCUT2D eigenvalue weighted by molar-refractivity contribution is -0.119. The molecule has 0 radical (unpaired) electrons. The average molecular weight is 355 g/mol. The monoisotopic (exact) mass is 355 g/mol. The quantitative estimate of drug-likeness (QED) is 0.653. The molecular formula is C16H22FN3O3S. The minimum atomic E-state index is -0.888. The summed E-state index contributed by atoms with van der Waals surface area (Å²) in [5.41, 5.74) is 0.957. The van der Waals surface area contributed by atoms with Gasteiger partial charge in [-0.1, -0.05) is 6.07 Å². The summed E-state index contributed by atoms with van der Waals surface area (Å²) in [7, 11) is -0.821. The van der Waals surface area contributed by atoms with Crippen molar-refractivity contribution >= 4 is 28.1 Å². The number of benzene rings is 1. The highest BCUT2D eigenvalue weighted by Crippen LogP contribution is 2.22. The molecule has 132 valence electrons. The van der Waals surface area contributed by atoms with E-state index in [1.54, 1.807) is 12.1 Å². The predicted molar refractivity (Wildman–Crippen MR) is 92.6 cm³/mol. The summed E-state index contributed by atoms with van der Waals surface area (Å²) in [5, 5.41) is 20.3. The molecule has 1 unspecified atom stereocenters. The number of aliphatic hydroxyl groups excluding tert-OH is 1. The standard InChI is InChI=1S/C16H22FN3O3S/c1-11(21)19-10-13(22)9-15(18)12-2-3-16(14(17)8-12)20-4-6-24(23)7-5-20/h2-3,8,13,18,22H,4-7,9-10H2,1H3,(H,19,21). The topological polar surface area (TPSA) is 93.5 Å². The van der Waals surface area contributed by atoms with Crippen molar-refractivity contribution in [1.82, 2.24) is 5.32 Å². The molecule has 1 aliphatic rings. The molecular weight excluding hydrogens is 333 g/mol. The van der Waals surface area contributed by atoms with Gasteiger partial charge in [-0.3, -0.25) is 9.00 Å². The first-order valence-corrected chi connectivity index (χ1v) is 9.25. The SMILES string of the molecule is CC(=O)NCC(O)CC(=N)c1ccc(N2CCS(=O)CC2)c(F)c1. The maximum atomic E-state index is 14.3. The van der Waals surface area contributed by atoms with Crippen molar-refractivity contribution in [3.05, 3.63) is 29.6 Å². The number of carbonyl (C=O) groups excluding carboxylic acids is 1. The highest BCUT2D eigenvalue weighted by molar-refractivity contribution is 7.85. The third-order valence-electron chi connectivity index (χ3n) is 3.84. The molecule has 1 aromatic rings. The van der Waals surface area contributed by atoms with Gasteiger partial charge < -0.3 is 20.7 Å². The fraction of sp³-hybridized carbons (Fsp3) is 0.500. The van der Waals surface area contributed by atoms with Crippen LogP contribution in [0.1, 0.15) is 18.9 Å². The number of aliphatic hydroxyl groups is 1. The number of carbonyl (C=O) groups is 1. The first-order valence-electron chi connectivity index (χ1n) is 7.76. The number of amides is 1. The molecule has 1 saturated heterocycles. The maximum Gasteiger partial charge on any atom is 0.216 e. The Bertz CT molecular complexity index is 643. The van der Waals surface area contributed by atoms with E-state index in [4.69, 9.17) is 5.41 Å². The normalized spacial score (nSPS) is 16.7. The summed E-state index contributed by atoms with van der Waals surface area (Å²) in [4.78, 5) is 12.7. The van der Waals surface area contributed by atoms with E-state index in [2.05, 4.69) is 5.32 Å². The van der Waals surface area contributed by atoms with Crippen LogP contribution >= 0.6 is 0 Å². The molecule has 8 heteroatoms. The van der Waals surface area contributed by atoms with E-state index in [0.29, 0.717) is 35.8 Å². The van der Waals surface area contributed by atoms with Gasteiger partial charge in [0.05, 0.1) is 11.8 Å². The Morgan fingerprint density at radius 1 is 1.46 bits per heavy atom. The van der Waals surface area contributed by atoms with Crippen LogP contribution in [0.25, 0.3) is 0 Å². The fourth-order valence-corrected chi connectivity index (χ4v) is 3.57. The lowest BCUT2D eigenvalue weighted by Crippen LogP contribution is -2.38. The summed E-state index contributed by atoms with van der Waals surface area (Å²) in [6.07, 6.45) is -0.858. The Morgan fingerprint density at radius 2 is 2.12 bits per heavy atom. The van der Waals surface area contributed by atoms with Crippen molar-refractivity contribution in [2.24, 2.45) is 0 Å². The summed E-state index contributed by atoms with van der Waals surface area (Å²) in [6, 6.07) is 4.56. The molecule has 3 N–H and O–H groups in total. The number of nitrogens with zero attached hydrogens (tertiary/aromatic N) is 1. The first kappa shape index (κ1) is 18.5. The predicted octanol–water partition coefficient (Wildman–Crippen LogP) is 0.649. The second kappa shape index (κ2) is 8.34. The molecule has 1 atom stereocenters. The minimum Gasteiger partial charge on any atom is -0.391 e. The van der Waals surface area contributed by atoms with Crippen molar-refractivity contribution < 1.29 is 18.5 Å². The highest BCUT2D eigenvalue weighted by atomic mass is 32.2. The van der Waals surface area contributed by atoms with E-state index in [0.717, 1.165) is 0 Å². The molecule has 0 aromatic heterocycles. The second-order valence-corrected chi connectivity index (χ2v) is 7.47. The van der Waals surface area contributed by atoms with E-state index in [1.807, 2.05) is 4.90 Å². The van der Waals surface area contributed by atoms with Crippen LogP contribution in [0.5, 0.6) is 0 Å². The zero-order chi connectivity index (χ0) is 17.7. The highest BCUT2D eigenvalue weighted by Gasteiger charge is 2.19. The molecule has 24 heavy (non-hydrogen) atoms. The van der Waals surface area contributed by atoms with Gasteiger partial charge in [0.1, 0.15) is 5.82 Å². The van der Waals surface area contributed by atoms with Crippen molar-refractivity contribution in [3.63, 3.8) is 0 Å². The van der Waals surface area contributed by atoms with E-state index in [9.17, 15) is 18.5 Å². The van der Waals surface area contributed by atoms with Gasteiger partial charge in [-0.2, -0.15) is 0 Å². The van der Waals surface area contributed by atoms with Gasteiger partial charge in [0.15, 0.2) is 0 Å². The lowest BCUT2D eigenvalue weighted by Gasteiger charge is -2.28. The molecule has 2 rings (SSSR count). The molecule has 1 fully saturated rings. The molecule has 1 aromatic carbocycles. The van der Waals surface area contributed by atoms with Gasteiger partial charge in [0.2, 0.25) is 5.91 Å². The number of nitrogens with one attached hydrogen (secondary N) is 2. The summed E-state index contributed by atoms with van der Waals surface area (Å²) in [5.74, 6) is 0.387. The number of anilines is 1. The van der Waals surface area contributed by atoms with Gasteiger partial charge in [-0.25, -0.2) is 4.39 Å². The third-order valence-corrected chi connectivity index (χ3v) is 5.12. The van der Waals surface area contributed by atoms with Crippen LogP contribution in [0.4, 0.5) is 10.1 Å². The van der Waals surface area contributed by atoms with Crippen LogP contribution in [0, 0.1) is 11.2 Å². The van der Waals surface area contributed by atoms with Crippen LogP contribution in [0.2, 0.25) is 0 Å².